The van der Waals surface area contributed by atoms with E-state index in [0.717, 1.165) is 50.2 Å². The number of amides is 1. The van der Waals surface area contributed by atoms with E-state index in [2.05, 4.69) is 39.1 Å². The minimum atomic E-state index is 0.0355. The van der Waals surface area contributed by atoms with Gasteiger partial charge in [-0.3, -0.25) is 4.79 Å². The third-order valence-corrected chi connectivity index (χ3v) is 4.73. The van der Waals surface area contributed by atoms with Crippen LogP contribution in [0.15, 0.2) is 18.2 Å². The Morgan fingerprint density at radius 1 is 1.35 bits per heavy atom. The van der Waals surface area contributed by atoms with Crippen LogP contribution < -0.4 is 15.0 Å². The molecule has 0 fully saturated rings. The summed E-state index contributed by atoms with van der Waals surface area (Å²) < 4.78 is 5.72. The molecule has 1 aliphatic rings. The summed E-state index contributed by atoms with van der Waals surface area (Å²) in [6.45, 7) is 10.5. The minimum Gasteiger partial charge on any atom is -0.490 e. The van der Waals surface area contributed by atoms with E-state index >= 15 is 0 Å². The van der Waals surface area contributed by atoms with E-state index in [-0.39, 0.29) is 18.1 Å². The zero-order chi connectivity index (χ0) is 16.8. The number of nitrogens with one attached hydrogen (secondary N) is 2. The molecule has 4 heteroatoms. The summed E-state index contributed by atoms with van der Waals surface area (Å²) in [5.74, 6) is 1.09. The topological polar surface area (TPSA) is 42.8 Å². The summed E-state index contributed by atoms with van der Waals surface area (Å²) in [6, 6.07) is 6.02. The van der Waals surface area contributed by atoms with Gasteiger partial charge in [-0.05, 0) is 51.0 Å². The summed E-state index contributed by atoms with van der Waals surface area (Å²) in [5.41, 5.74) is 2.08. The van der Waals surface area contributed by atoms with Crippen LogP contribution in [0, 0.1) is 0 Å². The molecule has 1 aliphatic heterocycles. The lowest BCUT2D eigenvalue weighted by Crippen LogP contribution is -3.16. The fraction of sp³-hybridized carbons (Fsp3) is 0.632. The quantitative estimate of drug-likeness (QED) is 0.773. The number of fused-ring (bicyclic) bond motifs is 1. The van der Waals surface area contributed by atoms with Gasteiger partial charge in [0.15, 0.2) is 6.04 Å². The summed E-state index contributed by atoms with van der Waals surface area (Å²) in [6.07, 6.45) is 4.31. The van der Waals surface area contributed by atoms with Crippen molar-refractivity contribution in [2.24, 2.45) is 0 Å². The summed E-state index contributed by atoms with van der Waals surface area (Å²) in [7, 11) is 0. The van der Waals surface area contributed by atoms with Gasteiger partial charge in [-0.25, -0.2) is 0 Å². The smallest absolute Gasteiger partial charge is 0.282 e. The molecule has 0 saturated carbocycles. The Hall–Kier alpha value is -1.55. The average Bonchev–Trinajstić information content (AvgIpc) is 2.90. The third-order valence-electron chi connectivity index (χ3n) is 4.73. The van der Waals surface area contributed by atoms with Crippen molar-refractivity contribution in [2.45, 2.75) is 65.5 Å². The van der Waals surface area contributed by atoms with Gasteiger partial charge in [0.25, 0.3) is 5.91 Å². The van der Waals surface area contributed by atoms with Crippen LogP contribution in [-0.4, -0.2) is 31.1 Å². The van der Waals surface area contributed by atoms with Crippen molar-refractivity contribution >= 4 is 11.6 Å². The molecule has 1 amide bonds. The number of carbonyl (C=O) groups excluding carboxylic acids is 1. The van der Waals surface area contributed by atoms with Crippen molar-refractivity contribution in [3.63, 3.8) is 0 Å². The Bertz CT molecular complexity index is 526. The molecule has 0 saturated heterocycles. The van der Waals surface area contributed by atoms with E-state index in [4.69, 9.17) is 4.74 Å². The molecule has 0 spiro atoms. The standard InChI is InChI=1S/C19H30N2O2/c1-5-8-9-17(21(6-2)7-3)19(22)20-16-10-11-18-15(13-16)12-14(4)23-18/h10-11,13-14,17H,5-9,12H2,1-4H3,(H,20,22)/p+1/t14-,17+/m1/s1. The molecule has 0 bridgehead atoms. The van der Waals surface area contributed by atoms with Crippen molar-refractivity contribution in [1.82, 2.24) is 0 Å². The molecule has 0 unspecified atom stereocenters. The number of carbonyl (C=O) groups is 1. The van der Waals surface area contributed by atoms with Crippen molar-refractivity contribution < 1.29 is 14.4 Å². The number of unbranched alkanes of at least 4 members (excludes halogenated alkanes) is 1. The van der Waals surface area contributed by atoms with Gasteiger partial charge in [-0.2, -0.15) is 0 Å². The van der Waals surface area contributed by atoms with E-state index in [1.54, 1.807) is 0 Å². The zero-order valence-electron chi connectivity index (χ0n) is 14.9. The van der Waals surface area contributed by atoms with Crippen molar-refractivity contribution in [3.8, 4) is 5.75 Å². The molecule has 1 aromatic rings. The number of benzene rings is 1. The highest BCUT2D eigenvalue weighted by Crippen LogP contribution is 2.30. The van der Waals surface area contributed by atoms with Crippen LogP contribution in [0.5, 0.6) is 5.75 Å². The predicted molar refractivity (Wildman–Crippen MR) is 94.2 cm³/mol. The highest BCUT2D eigenvalue weighted by Gasteiger charge is 2.27. The Kier molecular flexibility index (Phi) is 6.46. The highest BCUT2D eigenvalue weighted by molar-refractivity contribution is 5.94. The zero-order valence-corrected chi connectivity index (χ0v) is 14.9. The van der Waals surface area contributed by atoms with Gasteiger partial charge in [0.1, 0.15) is 11.9 Å². The van der Waals surface area contributed by atoms with Crippen LogP contribution in [0.3, 0.4) is 0 Å². The number of rotatable bonds is 8. The Morgan fingerprint density at radius 3 is 2.74 bits per heavy atom. The van der Waals surface area contributed by atoms with Crippen molar-refractivity contribution in [2.75, 3.05) is 18.4 Å². The molecule has 0 aliphatic carbocycles. The molecule has 1 aromatic carbocycles. The second-order valence-corrected chi connectivity index (χ2v) is 6.50. The lowest BCUT2D eigenvalue weighted by molar-refractivity contribution is -0.912. The van der Waals surface area contributed by atoms with E-state index in [9.17, 15) is 4.79 Å². The molecule has 1 heterocycles. The third kappa shape index (κ3) is 4.47. The molecule has 0 radical (unpaired) electrons. The van der Waals surface area contributed by atoms with E-state index in [1.807, 2.05) is 12.1 Å². The number of ether oxygens (including phenoxy) is 1. The lowest BCUT2D eigenvalue weighted by Gasteiger charge is -2.25. The second kappa shape index (κ2) is 8.34. The van der Waals surface area contributed by atoms with Crippen molar-refractivity contribution in [3.05, 3.63) is 23.8 Å². The van der Waals surface area contributed by atoms with Crippen LogP contribution in [0.2, 0.25) is 0 Å². The molecular formula is C19H31N2O2+. The minimum absolute atomic E-state index is 0.0355. The molecule has 23 heavy (non-hydrogen) atoms. The van der Waals surface area contributed by atoms with E-state index in [1.165, 1.54) is 10.5 Å². The van der Waals surface area contributed by atoms with Gasteiger partial charge in [0, 0.05) is 18.5 Å². The van der Waals surface area contributed by atoms with Gasteiger partial charge in [-0.1, -0.05) is 13.3 Å². The summed E-state index contributed by atoms with van der Waals surface area (Å²) in [4.78, 5) is 14.1. The van der Waals surface area contributed by atoms with Gasteiger partial charge < -0.3 is 15.0 Å². The Labute approximate surface area is 140 Å². The molecule has 2 N–H and O–H groups in total. The Morgan fingerprint density at radius 2 is 2.09 bits per heavy atom. The van der Waals surface area contributed by atoms with Crippen molar-refractivity contribution in [1.29, 1.82) is 0 Å². The molecule has 2 atom stereocenters. The number of quaternary nitrogens is 1. The van der Waals surface area contributed by atoms with Crippen LogP contribution in [0.4, 0.5) is 5.69 Å². The molecule has 128 valence electrons. The van der Waals surface area contributed by atoms with Crippen LogP contribution in [-0.2, 0) is 11.2 Å². The fourth-order valence-corrected chi connectivity index (χ4v) is 3.40. The maximum Gasteiger partial charge on any atom is 0.282 e. The first-order valence-corrected chi connectivity index (χ1v) is 9.04. The molecule has 0 aromatic heterocycles. The summed E-state index contributed by atoms with van der Waals surface area (Å²) >= 11 is 0. The van der Waals surface area contributed by atoms with Gasteiger partial charge in [-0.15, -0.1) is 0 Å². The molecule has 2 rings (SSSR count). The second-order valence-electron chi connectivity index (χ2n) is 6.50. The first-order valence-electron chi connectivity index (χ1n) is 9.04. The van der Waals surface area contributed by atoms with Gasteiger partial charge >= 0.3 is 0 Å². The first kappa shape index (κ1) is 17.8. The normalized spacial score (nSPS) is 17.7. The number of likely N-dealkylation sites (N-methyl/N-ethyl adjacent to an activating group) is 1. The van der Waals surface area contributed by atoms with E-state index in [0.29, 0.717) is 0 Å². The van der Waals surface area contributed by atoms with Crippen LogP contribution >= 0.6 is 0 Å². The van der Waals surface area contributed by atoms with Crippen LogP contribution in [0.25, 0.3) is 0 Å². The predicted octanol–water partition coefficient (Wildman–Crippen LogP) is 2.43. The number of hydrogen-bond acceptors (Lipinski definition) is 2. The monoisotopic (exact) mass is 319 g/mol. The largest absolute Gasteiger partial charge is 0.490 e. The molecule has 4 nitrogen and oxygen atoms in total. The molecular weight excluding hydrogens is 288 g/mol. The number of anilines is 1. The lowest BCUT2D eigenvalue weighted by atomic mass is 10.1. The van der Waals surface area contributed by atoms with Crippen LogP contribution in [0.1, 0.15) is 52.5 Å². The number of hydrogen-bond donors (Lipinski definition) is 2. The SMILES string of the molecule is CCCC[C@@H](C(=O)Nc1ccc2c(c1)C[C@@H](C)O2)[NH+](CC)CC. The maximum absolute atomic E-state index is 12.8. The summed E-state index contributed by atoms with van der Waals surface area (Å²) in [5, 5.41) is 3.13. The van der Waals surface area contributed by atoms with Gasteiger partial charge in [0.2, 0.25) is 0 Å². The van der Waals surface area contributed by atoms with Gasteiger partial charge in [0.05, 0.1) is 13.1 Å². The highest BCUT2D eigenvalue weighted by atomic mass is 16.5. The Balaban J connectivity index is 2.07. The average molecular weight is 319 g/mol. The fourth-order valence-electron chi connectivity index (χ4n) is 3.40. The van der Waals surface area contributed by atoms with E-state index < -0.39 is 0 Å². The maximum atomic E-state index is 12.8. The first-order chi connectivity index (χ1) is 11.1.